The van der Waals surface area contributed by atoms with Crippen LogP contribution in [-0.4, -0.2) is 10.2 Å². The molecular formula is C11H15NO2. The van der Waals surface area contributed by atoms with Crippen LogP contribution in [0.3, 0.4) is 0 Å². The van der Waals surface area contributed by atoms with Crippen LogP contribution in [0.15, 0.2) is 30.9 Å². The molecule has 0 aliphatic carbocycles. The fourth-order valence-corrected chi connectivity index (χ4v) is 1.29. The zero-order valence-electron chi connectivity index (χ0n) is 7.98. The highest BCUT2D eigenvalue weighted by molar-refractivity contribution is 5.40. The lowest BCUT2D eigenvalue weighted by atomic mass is 10.0. The topological polar surface area (TPSA) is 66.5 Å². The lowest BCUT2D eigenvalue weighted by molar-refractivity contribution is 0.446. The van der Waals surface area contributed by atoms with E-state index in [2.05, 4.69) is 6.58 Å². The zero-order chi connectivity index (χ0) is 10.6. The molecule has 1 aromatic carbocycles. The van der Waals surface area contributed by atoms with Crippen molar-refractivity contribution in [3.8, 4) is 11.5 Å². The van der Waals surface area contributed by atoms with E-state index in [0.717, 1.165) is 6.42 Å². The Morgan fingerprint density at radius 3 is 2.79 bits per heavy atom. The highest BCUT2D eigenvalue weighted by Gasteiger charge is 2.10. The van der Waals surface area contributed by atoms with Gasteiger partial charge < -0.3 is 15.9 Å². The molecule has 0 saturated heterocycles. The summed E-state index contributed by atoms with van der Waals surface area (Å²) in [5, 5.41) is 18.7. The lowest BCUT2D eigenvalue weighted by Crippen LogP contribution is -2.09. The third-order valence-corrected chi connectivity index (χ3v) is 2.09. The molecule has 1 aromatic rings. The Morgan fingerprint density at radius 2 is 2.14 bits per heavy atom. The molecule has 0 amide bonds. The van der Waals surface area contributed by atoms with E-state index in [1.807, 2.05) is 0 Å². The van der Waals surface area contributed by atoms with Gasteiger partial charge in [0, 0.05) is 11.6 Å². The van der Waals surface area contributed by atoms with Gasteiger partial charge in [-0.05, 0) is 31.0 Å². The van der Waals surface area contributed by atoms with Gasteiger partial charge in [0.15, 0.2) is 0 Å². The first-order valence-electron chi connectivity index (χ1n) is 4.53. The molecule has 3 nitrogen and oxygen atoms in total. The minimum absolute atomic E-state index is 0.117. The number of rotatable bonds is 4. The molecule has 76 valence electrons. The molecular weight excluding hydrogens is 178 g/mol. The van der Waals surface area contributed by atoms with E-state index in [1.165, 1.54) is 18.2 Å². The first-order valence-corrected chi connectivity index (χ1v) is 4.53. The standard InChI is InChI=1S/C11H15NO2/c1-2-3-4-10(12)9-7-8(13)5-6-11(9)14/h2,5-7,10,13-14H,1,3-4,12H2/t10-/m1/s1. The largest absolute Gasteiger partial charge is 0.508 e. The second kappa shape index (κ2) is 4.67. The van der Waals surface area contributed by atoms with Crippen LogP contribution in [0, 0.1) is 0 Å². The highest BCUT2D eigenvalue weighted by Crippen LogP contribution is 2.28. The summed E-state index contributed by atoms with van der Waals surface area (Å²) >= 11 is 0. The van der Waals surface area contributed by atoms with Crippen LogP contribution in [0.2, 0.25) is 0 Å². The maximum atomic E-state index is 9.49. The molecule has 0 aliphatic rings. The predicted octanol–water partition coefficient (Wildman–Crippen LogP) is 2.06. The Morgan fingerprint density at radius 1 is 1.43 bits per heavy atom. The number of nitrogens with two attached hydrogens (primary N) is 1. The van der Waals surface area contributed by atoms with E-state index < -0.39 is 0 Å². The van der Waals surface area contributed by atoms with Crippen molar-refractivity contribution in [1.82, 2.24) is 0 Å². The first kappa shape index (κ1) is 10.6. The molecule has 0 aliphatic heterocycles. The average Bonchev–Trinajstić information content (AvgIpc) is 2.18. The summed E-state index contributed by atoms with van der Waals surface area (Å²) in [6, 6.07) is 4.10. The van der Waals surface area contributed by atoms with E-state index in [1.54, 1.807) is 6.08 Å². The predicted molar refractivity (Wildman–Crippen MR) is 56.1 cm³/mol. The van der Waals surface area contributed by atoms with Gasteiger partial charge in [0.1, 0.15) is 11.5 Å². The molecule has 0 bridgehead atoms. The van der Waals surface area contributed by atoms with Crippen LogP contribution in [-0.2, 0) is 0 Å². The van der Waals surface area contributed by atoms with Crippen molar-refractivity contribution in [2.24, 2.45) is 5.73 Å². The van der Waals surface area contributed by atoms with Crippen LogP contribution in [0.5, 0.6) is 11.5 Å². The van der Waals surface area contributed by atoms with Gasteiger partial charge in [-0.15, -0.1) is 6.58 Å². The fraction of sp³-hybridized carbons (Fsp3) is 0.273. The number of aromatic hydroxyl groups is 2. The van der Waals surface area contributed by atoms with Crippen molar-refractivity contribution in [1.29, 1.82) is 0 Å². The molecule has 3 heteroatoms. The van der Waals surface area contributed by atoms with E-state index >= 15 is 0 Å². The van der Waals surface area contributed by atoms with E-state index in [4.69, 9.17) is 5.73 Å². The minimum atomic E-state index is -0.264. The fourth-order valence-electron chi connectivity index (χ4n) is 1.29. The Bertz CT molecular complexity index is 323. The normalized spacial score (nSPS) is 12.4. The van der Waals surface area contributed by atoms with E-state index in [-0.39, 0.29) is 17.5 Å². The smallest absolute Gasteiger partial charge is 0.120 e. The third-order valence-electron chi connectivity index (χ3n) is 2.09. The molecule has 14 heavy (non-hydrogen) atoms. The molecule has 0 fully saturated rings. The molecule has 0 aromatic heterocycles. The number of allylic oxidation sites excluding steroid dienone is 1. The summed E-state index contributed by atoms with van der Waals surface area (Å²) in [5.74, 6) is 0.242. The van der Waals surface area contributed by atoms with Gasteiger partial charge in [0.25, 0.3) is 0 Å². The van der Waals surface area contributed by atoms with Crippen LogP contribution in [0.4, 0.5) is 0 Å². The highest BCUT2D eigenvalue weighted by atomic mass is 16.3. The molecule has 0 spiro atoms. The Labute approximate surface area is 83.5 Å². The molecule has 1 rings (SSSR count). The van der Waals surface area contributed by atoms with Crippen LogP contribution >= 0.6 is 0 Å². The number of hydrogen-bond donors (Lipinski definition) is 3. The lowest BCUT2D eigenvalue weighted by Gasteiger charge is -2.12. The zero-order valence-corrected chi connectivity index (χ0v) is 7.98. The Hall–Kier alpha value is -1.48. The molecule has 1 atom stereocenters. The van der Waals surface area contributed by atoms with E-state index in [0.29, 0.717) is 12.0 Å². The number of phenolic OH excluding ortho intramolecular Hbond substituents is 2. The molecule has 0 heterocycles. The quantitative estimate of drug-likeness (QED) is 0.506. The first-order chi connectivity index (χ1) is 6.65. The maximum Gasteiger partial charge on any atom is 0.120 e. The molecule has 0 radical (unpaired) electrons. The second-order valence-electron chi connectivity index (χ2n) is 3.22. The number of phenols is 2. The van der Waals surface area contributed by atoms with Crippen molar-refractivity contribution in [3.63, 3.8) is 0 Å². The summed E-state index contributed by atoms with van der Waals surface area (Å²) in [7, 11) is 0. The maximum absolute atomic E-state index is 9.49. The minimum Gasteiger partial charge on any atom is -0.508 e. The van der Waals surface area contributed by atoms with Crippen molar-refractivity contribution in [2.45, 2.75) is 18.9 Å². The van der Waals surface area contributed by atoms with Gasteiger partial charge in [-0.3, -0.25) is 0 Å². The van der Waals surface area contributed by atoms with Gasteiger partial charge in [-0.2, -0.15) is 0 Å². The molecule has 0 saturated carbocycles. The van der Waals surface area contributed by atoms with E-state index in [9.17, 15) is 10.2 Å². The van der Waals surface area contributed by atoms with Crippen molar-refractivity contribution >= 4 is 0 Å². The summed E-state index contributed by atoms with van der Waals surface area (Å²) in [6.45, 7) is 3.60. The van der Waals surface area contributed by atoms with Crippen molar-refractivity contribution < 1.29 is 10.2 Å². The SMILES string of the molecule is C=CCC[C@@H](N)c1cc(O)ccc1O. The van der Waals surface area contributed by atoms with Gasteiger partial charge in [0.05, 0.1) is 0 Å². The van der Waals surface area contributed by atoms with Crippen molar-refractivity contribution in [2.75, 3.05) is 0 Å². The molecule has 0 unspecified atom stereocenters. The monoisotopic (exact) mass is 193 g/mol. The average molecular weight is 193 g/mol. The van der Waals surface area contributed by atoms with Gasteiger partial charge in [-0.1, -0.05) is 6.08 Å². The van der Waals surface area contributed by atoms with Crippen molar-refractivity contribution in [3.05, 3.63) is 36.4 Å². The van der Waals surface area contributed by atoms with Gasteiger partial charge in [0.2, 0.25) is 0 Å². The third kappa shape index (κ3) is 2.50. The van der Waals surface area contributed by atoms with Gasteiger partial charge >= 0.3 is 0 Å². The summed E-state index contributed by atoms with van der Waals surface area (Å²) < 4.78 is 0. The summed E-state index contributed by atoms with van der Waals surface area (Å²) in [4.78, 5) is 0. The number of benzene rings is 1. The Kier molecular flexibility index (Phi) is 3.54. The van der Waals surface area contributed by atoms with Crippen LogP contribution < -0.4 is 5.73 Å². The van der Waals surface area contributed by atoms with Gasteiger partial charge in [-0.25, -0.2) is 0 Å². The van der Waals surface area contributed by atoms with Crippen LogP contribution in [0.1, 0.15) is 24.4 Å². The Balaban J connectivity index is 2.82. The summed E-state index contributed by atoms with van der Waals surface area (Å²) in [6.07, 6.45) is 3.27. The summed E-state index contributed by atoms with van der Waals surface area (Å²) in [5.41, 5.74) is 6.41. The van der Waals surface area contributed by atoms with Crippen LogP contribution in [0.25, 0.3) is 0 Å². The second-order valence-corrected chi connectivity index (χ2v) is 3.22. The molecule has 4 N–H and O–H groups in total. The number of hydrogen-bond acceptors (Lipinski definition) is 3.